The van der Waals surface area contributed by atoms with Crippen LogP contribution in [0.25, 0.3) is 11.0 Å². The van der Waals surface area contributed by atoms with Gasteiger partial charge in [0.05, 0.1) is 5.92 Å². The first-order valence-electron chi connectivity index (χ1n) is 9.54. The van der Waals surface area contributed by atoms with E-state index >= 15 is 0 Å². The number of furan rings is 1. The lowest BCUT2D eigenvalue weighted by Gasteiger charge is -2.38. The van der Waals surface area contributed by atoms with Crippen molar-refractivity contribution in [2.24, 2.45) is 0 Å². The summed E-state index contributed by atoms with van der Waals surface area (Å²) in [5.74, 6) is 0.620. The number of amides is 1. The van der Waals surface area contributed by atoms with Gasteiger partial charge in [-0.3, -0.25) is 14.7 Å². The van der Waals surface area contributed by atoms with Crippen LogP contribution in [0, 0.1) is 0 Å². The van der Waals surface area contributed by atoms with Crippen molar-refractivity contribution >= 4 is 16.9 Å². The molecule has 0 radical (unpaired) electrons. The fourth-order valence-electron chi connectivity index (χ4n) is 3.77. The zero-order valence-corrected chi connectivity index (χ0v) is 15.8. The van der Waals surface area contributed by atoms with E-state index in [2.05, 4.69) is 22.9 Å². The van der Waals surface area contributed by atoms with E-state index in [1.165, 1.54) is 5.56 Å². The first-order chi connectivity index (χ1) is 13.1. The molecule has 1 aliphatic heterocycles. The maximum absolute atomic E-state index is 13.0. The highest BCUT2D eigenvalue weighted by Crippen LogP contribution is 2.27. The van der Waals surface area contributed by atoms with E-state index in [9.17, 15) is 4.79 Å². The highest BCUT2D eigenvalue weighted by atomic mass is 16.3. The molecular weight excluding hydrogens is 338 g/mol. The second kappa shape index (κ2) is 7.53. The zero-order chi connectivity index (χ0) is 18.8. The molecule has 3 aromatic rings. The molecule has 1 aliphatic rings. The van der Waals surface area contributed by atoms with E-state index in [1.54, 1.807) is 6.20 Å². The Morgan fingerprint density at radius 2 is 1.85 bits per heavy atom. The van der Waals surface area contributed by atoms with Crippen molar-refractivity contribution in [2.75, 3.05) is 26.2 Å². The lowest BCUT2D eigenvalue weighted by atomic mass is 10.1. The van der Waals surface area contributed by atoms with Crippen LogP contribution in [0.5, 0.6) is 0 Å². The number of aromatic nitrogens is 1. The third kappa shape index (κ3) is 3.60. The van der Waals surface area contributed by atoms with Crippen molar-refractivity contribution in [2.45, 2.75) is 25.8 Å². The number of carbonyl (C=O) groups is 1. The van der Waals surface area contributed by atoms with Gasteiger partial charge in [-0.1, -0.05) is 24.3 Å². The molecule has 1 amide bonds. The largest absolute Gasteiger partial charge is 0.460 e. The van der Waals surface area contributed by atoms with E-state index in [4.69, 9.17) is 4.42 Å². The fraction of sp³-hybridized carbons (Fsp3) is 0.364. The molecule has 0 bridgehead atoms. The van der Waals surface area contributed by atoms with Gasteiger partial charge in [0.1, 0.15) is 11.3 Å². The molecule has 0 N–H and O–H groups in total. The highest BCUT2D eigenvalue weighted by molar-refractivity contribution is 5.85. The second-order valence-corrected chi connectivity index (χ2v) is 7.23. The molecule has 27 heavy (non-hydrogen) atoms. The average molecular weight is 363 g/mol. The summed E-state index contributed by atoms with van der Waals surface area (Å²) in [6, 6.07) is 14.3. The molecule has 2 aromatic heterocycles. The van der Waals surface area contributed by atoms with Gasteiger partial charge in [-0.25, -0.2) is 0 Å². The van der Waals surface area contributed by atoms with Gasteiger partial charge >= 0.3 is 0 Å². The van der Waals surface area contributed by atoms with Crippen LogP contribution in [0.2, 0.25) is 0 Å². The van der Waals surface area contributed by atoms with Crippen molar-refractivity contribution in [3.63, 3.8) is 0 Å². The van der Waals surface area contributed by atoms with Gasteiger partial charge in [-0.15, -0.1) is 0 Å². The van der Waals surface area contributed by atoms with E-state index in [-0.39, 0.29) is 11.8 Å². The minimum atomic E-state index is -0.264. The van der Waals surface area contributed by atoms with Crippen LogP contribution in [-0.2, 0) is 4.79 Å². The van der Waals surface area contributed by atoms with E-state index in [0.717, 1.165) is 42.9 Å². The minimum absolute atomic E-state index is 0.141. The van der Waals surface area contributed by atoms with Crippen LogP contribution in [0.3, 0.4) is 0 Å². The van der Waals surface area contributed by atoms with Gasteiger partial charge in [0, 0.05) is 50.0 Å². The number of hydrogen-bond donors (Lipinski definition) is 0. The third-order valence-corrected chi connectivity index (χ3v) is 5.58. The van der Waals surface area contributed by atoms with Gasteiger partial charge in [0.2, 0.25) is 5.91 Å². The Balaban J connectivity index is 1.39. The zero-order valence-electron chi connectivity index (χ0n) is 15.8. The molecule has 5 heteroatoms. The van der Waals surface area contributed by atoms with Gasteiger partial charge < -0.3 is 9.32 Å². The molecular formula is C22H25N3O2. The molecule has 0 aliphatic carbocycles. The third-order valence-electron chi connectivity index (χ3n) is 5.58. The number of pyridine rings is 1. The Bertz CT molecular complexity index is 880. The minimum Gasteiger partial charge on any atom is -0.460 e. The summed E-state index contributed by atoms with van der Waals surface area (Å²) in [7, 11) is 0. The average Bonchev–Trinajstić information content (AvgIpc) is 3.17. The Kier molecular flexibility index (Phi) is 4.94. The summed E-state index contributed by atoms with van der Waals surface area (Å²) in [6.45, 7) is 7.36. The summed E-state index contributed by atoms with van der Waals surface area (Å²) in [4.78, 5) is 21.5. The van der Waals surface area contributed by atoms with Crippen LogP contribution in [-0.4, -0.2) is 46.9 Å². The number of hydrogen-bond acceptors (Lipinski definition) is 4. The van der Waals surface area contributed by atoms with Crippen molar-refractivity contribution in [3.8, 4) is 0 Å². The Labute approximate surface area is 159 Å². The summed E-state index contributed by atoms with van der Waals surface area (Å²) in [5, 5.41) is 1.04. The second-order valence-electron chi connectivity index (χ2n) is 7.23. The van der Waals surface area contributed by atoms with Crippen LogP contribution in [0.4, 0.5) is 0 Å². The maximum atomic E-state index is 13.0. The number of nitrogens with zero attached hydrogens (tertiary/aromatic N) is 3. The SMILES string of the molecule is C[C@H](C(=O)N1CCN([C@H](C)c2cccnc2)CC1)c1cc2ccccc2o1. The number of rotatable bonds is 4. The molecule has 0 spiro atoms. The van der Waals surface area contributed by atoms with Crippen molar-refractivity contribution in [3.05, 3.63) is 66.2 Å². The van der Waals surface area contributed by atoms with E-state index < -0.39 is 0 Å². The summed E-state index contributed by atoms with van der Waals surface area (Å²) >= 11 is 0. The summed E-state index contributed by atoms with van der Waals surface area (Å²) in [5.41, 5.74) is 2.05. The molecule has 1 fully saturated rings. The molecule has 5 nitrogen and oxygen atoms in total. The Morgan fingerprint density at radius 3 is 2.56 bits per heavy atom. The van der Waals surface area contributed by atoms with E-state index in [0.29, 0.717) is 6.04 Å². The molecule has 4 rings (SSSR count). The Morgan fingerprint density at radius 1 is 1.07 bits per heavy atom. The number of fused-ring (bicyclic) bond motifs is 1. The molecule has 2 atom stereocenters. The van der Waals surface area contributed by atoms with Crippen LogP contribution in [0.1, 0.15) is 37.1 Å². The normalized spacial score (nSPS) is 17.8. The van der Waals surface area contributed by atoms with Crippen LogP contribution >= 0.6 is 0 Å². The van der Waals surface area contributed by atoms with Crippen molar-refractivity contribution < 1.29 is 9.21 Å². The number of benzene rings is 1. The van der Waals surface area contributed by atoms with Gasteiger partial charge in [0.25, 0.3) is 0 Å². The van der Waals surface area contributed by atoms with Crippen molar-refractivity contribution in [1.29, 1.82) is 0 Å². The predicted octanol–water partition coefficient (Wildman–Crippen LogP) is 3.84. The standard InChI is InChI=1S/C22H25N3O2/c1-16(21-14-18-6-3-4-8-20(18)27-21)22(26)25-12-10-24(11-13-25)17(2)19-7-5-9-23-15-19/h3-9,14-17H,10-13H2,1-2H3/t16-,17+/m0/s1. The van der Waals surface area contributed by atoms with Gasteiger partial charge in [-0.2, -0.15) is 0 Å². The molecule has 1 saturated heterocycles. The van der Waals surface area contributed by atoms with Crippen molar-refractivity contribution in [1.82, 2.24) is 14.8 Å². The number of piperazine rings is 1. The van der Waals surface area contributed by atoms with Crippen LogP contribution < -0.4 is 0 Å². The topological polar surface area (TPSA) is 49.6 Å². The van der Waals surface area contributed by atoms with Gasteiger partial charge in [-0.05, 0) is 37.6 Å². The molecule has 3 heterocycles. The molecule has 0 saturated carbocycles. The summed E-state index contributed by atoms with van der Waals surface area (Å²) in [6.07, 6.45) is 3.72. The number of carbonyl (C=O) groups excluding carboxylic acids is 1. The maximum Gasteiger partial charge on any atom is 0.233 e. The lowest BCUT2D eigenvalue weighted by molar-refractivity contribution is -0.134. The molecule has 0 unspecified atom stereocenters. The molecule has 140 valence electrons. The number of para-hydroxylation sites is 1. The quantitative estimate of drug-likeness (QED) is 0.707. The lowest BCUT2D eigenvalue weighted by Crippen LogP contribution is -2.50. The van der Waals surface area contributed by atoms with Crippen LogP contribution in [0.15, 0.2) is 59.3 Å². The first kappa shape index (κ1) is 17.7. The Hall–Kier alpha value is -2.66. The summed E-state index contributed by atoms with van der Waals surface area (Å²) < 4.78 is 5.89. The van der Waals surface area contributed by atoms with E-state index in [1.807, 2.05) is 54.4 Å². The monoisotopic (exact) mass is 363 g/mol. The first-order valence-corrected chi connectivity index (χ1v) is 9.54. The smallest absolute Gasteiger partial charge is 0.233 e. The highest BCUT2D eigenvalue weighted by Gasteiger charge is 2.29. The predicted molar refractivity (Wildman–Crippen MR) is 105 cm³/mol. The fourth-order valence-corrected chi connectivity index (χ4v) is 3.77. The van der Waals surface area contributed by atoms with Gasteiger partial charge in [0.15, 0.2) is 0 Å². The molecule has 1 aromatic carbocycles.